The van der Waals surface area contributed by atoms with Crippen LogP contribution in [0.4, 0.5) is 4.79 Å². The van der Waals surface area contributed by atoms with Crippen molar-refractivity contribution in [3.05, 3.63) is 59.7 Å². The molecule has 2 fully saturated rings. The van der Waals surface area contributed by atoms with Crippen molar-refractivity contribution in [3.63, 3.8) is 0 Å². The van der Waals surface area contributed by atoms with E-state index in [1.807, 2.05) is 24.3 Å². The average Bonchev–Trinajstić information content (AvgIpc) is 3.22. The maximum atomic E-state index is 12.6. The first kappa shape index (κ1) is 16.4. The molecule has 1 saturated carbocycles. The Labute approximate surface area is 157 Å². The van der Waals surface area contributed by atoms with Gasteiger partial charge in [0.15, 0.2) is 0 Å². The van der Waals surface area contributed by atoms with Crippen molar-refractivity contribution in [2.45, 2.75) is 18.8 Å². The lowest BCUT2D eigenvalue weighted by atomic mass is 9.93. The van der Waals surface area contributed by atoms with Gasteiger partial charge in [0.2, 0.25) is 0 Å². The van der Waals surface area contributed by atoms with E-state index >= 15 is 0 Å². The van der Waals surface area contributed by atoms with Crippen molar-refractivity contribution in [2.24, 2.45) is 11.3 Å². The van der Waals surface area contributed by atoms with Gasteiger partial charge in [-0.3, -0.25) is 4.79 Å². The minimum absolute atomic E-state index is 0.0223. The Kier molecular flexibility index (Phi) is 3.54. The molecule has 1 amide bonds. The van der Waals surface area contributed by atoms with Crippen LogP contribution in [0.5, 0.6) is 0 Å². The molecule has 27 heavy (non-hydrogen) atoms. The van der Waals surface area contributed by atoms with Gasteiger partial charge in [-0.2, -0.15) is 0 Å². The number of likely N-dealkylation sites (tertiary alicyclic amines) is 1. The second-order valence-electron chi connectivity index (χ2n) is 7.94. The van der Waals surface area contributed by atoms with Crippen LogP contribution < -0.4 is 0 Å². The summed E-state index contributed by atoms with van der Waals surface area (Å²) in [4.78, 5) is 25.7. The lowest BCUT2D eigenvalue weighted by molar-refractivity contribution is -0.142. The largest absolute Gasteiger partial charge is 0.481 e. The van der Waals surface area contributed by atoms with Gasteiger partial charge in [-0.05, 0) is 35.1 Å². The van der Waals surface area contributed by atoms with Crippen LogP contribution in [-0.4, -0.2) is 41.8 Å². The standard InChI is InChI=1S/C22H21NO4/c24-20(25)19-11-23(13-22(19)9-10-22)21(26)27-12-18-16-7-3-1-5-14(16)15-6-2-4-8-17(15)18/h1-8,18-19H,9-13H2,(H,24,25)/t19-/m1/s1. The lowest BCUT2D eigenvalue weighted by Gasteiger charge is -2.19. The number of carbonyl (C=O) groups excluding carboxylic acids is 1. The van der Waals surface area contributed by atoms with Crippen molar-refractivity contribution in [1.29, 1.82) is 0 Å². The molecule has 1 aliphatic heterocycles. The minimum Gasteiger partial charge on any atom is -0.481 e. The predicted molar refractivity (Wildman–Crippen MR) is 99.4 cm³/mol. The van der Waals surface area contributed by atoms with Gasteiger partial charge in [0.25, 0.3) is 0 Å². The Morgan fingerprint density at radius 1 is 1.04 bits per heavy atom. The van der Waals surface area contributed by atoms with Gasteiger partial charge in [-0.1, -0.05) is 48.5 Å². The first-order valence-electron chi connectivity index (χ1n) is 9.42. The molecule has 138 valence electrons. The number of hydrogen-bond acceptors (Lipinski definition) is 3. The highest BCUT2D eigenvalue weighted by Gasteiger charge is 2.59. The Bertz CT molecular complexity index is 888. The van der Waals surface area contributed by atoms with E-state index in [1.54, 1.807) is 4.90 Å². The fraction of sp³-hybridized carbons (Fsp3) is 0.364. The van der Waals surface area contributed by atoms with E-state index in [4.69, 9.17) is 4.74 Å². The first-order valence-corrected chi connectivity index (χ1v) is 9.42. The number of ether oxygens (including phenoxy) is 1. The molecular weight excluding hydrogens is 342 g/mol. The van der Waals surface area contributed by atoms with Crippen LogP contribution in [0.3, 0.4) is 0 Å². The molecule has 2 aromatic rings. The van der Waals surface area contributed by atoms with E-state index in [2.05, 4.69) is 24.3 Å². The van der Waals surface area contributed by atoms with E-state index < -0.39 is 18.0 Å². The SMILES string of the molecule is O=C(O)[C@H]1CN(C(=O)OCC2c3ccccc3-c3ccccc32)CC12CC2. The van der Waals surface area contributed by atoms with Gasteiger partial charge in [-0.15, -0.1) is 0 Å². The smallest absolute Gasteiger partial charge is 0.409 e. The van der Waals surface area contributed by atoms with E-state index in [0.717, 1.165) is 12.8 Å². The molecule has 1 atom stereocenters. The zero-order valence-electron chi connectivity index (χ0n) is 14.9. The Hall–Kier alpha value is -2.82. The lowest BCUT2D eigenvalue weighted by Crippen LogP contribution is -2.31. The van der Waals surface area contributed by atoms with Crippen LogP contribution in [0, 0.1) is 11.3 Å². The summed E-state index contributed by atoms with van der Waals surface area (Å²) < 4.78 is 5.67. The fourth-order valence-corrected chi connectivity index (χ4v) is 4.80. The van der Waals surface area contributed by atoms with Crippen LogP contribution in [0.15, 0.2) is 48.5 Å². The van der Waals surface area contributed by atoms with Gasteiger partial charge in [-0.25, -0.2) is 4.79 Å². The molecule has 3 aliphatic rings. The summed E-state index contributed by atoms with van der Waals surface area (Å²) in [6, 6.07) is 16.4. The summed E-state index contributed by atoms with van der Waals surface area (Å²) >= 11 is 0. The molecular formula is C22H21NO4. The highest BCUT2D eigenvalue weighted by atomic mass is 16.6. The zero-order chi connectivity index (χ0) is 18.6. The van der Waals surface area contributed by atoms with Gasteiger partial charge < -0.3 is 14.7 Å². The molecule has 5 heteroatoms. The molecule has 1 heterocycles. The molecule has 0 unspecified atom stereocenters. The highest BCUT2D eigenvalue weighted by Crippen LogP contribution is 2.56. The molecule has 0 aromatic heterocycles. The molecule has 5 rings (SSSR count). The summed E-state index contributed by atoms with van der Waals surface area (Å²) in [5.74, 6) is -1.24. The Morgan fingerprint density at radius 2 is 1.63 bits per heavy atom. The number of benzene rings is 2. The number of amides is 1. The van der Waals surface area contributed by atoms with Gasteiger partial charge >= 0.3 is 12.1 Å². The van der Waals surface area contributed by atoms with Gasteiger partial charge in [0.05, 0.1) is 5.92 Å². The third-order valence-electron chi connectivity index (χ3n) is 6.43. The molecule has 1 saturated heterocycles. The summed E-state index contributed by atoms with van der Waals surface area (Å²) in [7, 11) is 0. The van der Waals surface area contributed by atoms with Crippen LogP contribution in [0.25, 0.3) is 11.1 Å². The van der Waals surface area contributed by atoms with Crippen molar-refractivity contribution < 1.29 is 19.4 Å². The fourth-order valence-electron chi connectivity index (χ4n) is 4.80. The van der Waals surface area contributed by atoms with E-state index in [9.17, 15) is 14.7 Å². The summed E-state index contributed by atoms with van der Waals surface area (Å²) in [5, 5.41) is 9.43. The maximum Gasteiger partial charge on any atom is 0.409 e. The minimum atomic E-state index is -0.804. The molecule has 5 nitrogen and oxygen atoms in total. The van der Waals surface area contributed by atoms with E-state index in [-0.39, 0.29) is 24.5 Å². The summed E-state index contributed by atoms with van der Waals surface area (Å²) in [5.41, 5.74) is 4.53. The predicted octanol–water partition coefficient (Wildman–Crippen LogP) is 3.73. The quantitative estimate of drug-likeness (QED) is 0.902. The normalized spacial score (nSPS) is 21.8. The monoisotopic (exact) mass is 363 g/mol. The van der Waals surface area contributed by atoms with Crippen molar-refractivity contribution in [2.75, 3.05) is 19.7 Å². The molecule has 2 aliphatic carbocycles. The van der Waals surface area contributed by atoms with E-state index in [1.165, 1.54) is 22.3 Å². The third-order valence-corrected chi connectivity index (χ3v) is 6.43. The van der Waals surface area contributed by atoms with Crippen LogP contribution in [0.1, 0.15) is 29.9 Å². The van der Waals surface area contributed by atoms with Crippen molar-refractivity contribution in [1.82, 2.24) is 4.90 Å². The zero-order valence-corrected chi connectivity index (χ0v) is 14.9. The number of aliphatic carboxylic acids is 1. The van der Waals surface area contributed by atoms with Gasteiger partial charge in [0.1, 0.15) is 6.61 Å². The molecule has 1 N–H and O–H groups in total. The number of hydrogen-bond donors (Lipinski definition) is 1. The van der Waals surface area contributed by atoms with Gasteiger partial charge in [0, 0.05) is 24.4 Å². The molecule has 0 bridgehead atoms. The Balaban J connectivity index is 1.32. The third kappa shape index (κ3) is 2.52. The second-order valence-corrected chi connectivity index (χ2v) is 7.94. The summed E-state index contributed by atoms with van der Waals surface area (Å²) in [6.45, 7) is 1.03. The topological polar surface area (TPSA) is 66.8 Å². The number of rotatable bonds is 3. The number of carboxylic acid groups (broad SMARTS) is 1. The van der Waals surface area contributed by atoms with Crippen molar-refractivity contribution in [3.8, 4) is 11.1 Å². The average molecular weight is 363 g/mol. The van der Waals surface area contributed by atoms with Crippen molar-refractivity contribution >= 4 is 12.1 Å². The number of fused-ring (bicyclic) bond motifs is 3. The first-order chi connectivity index (χ1) is 13.1. The number of nitrogens with zero attached hydrogens (tertiary/aromatic N) is 1. The Morgan fingerprint density at radius 3 is 2.15 bits per heavy atom. The maximum absolute atomic E-state index is 12.6. The van der Waals surface area contributed by atoms with Crippen LogP contribution in [-0.2, 0) is 9.53 Å². The molecule has 0 radical (unpaired) electrons. The number of carboxylic acids is 1. The summed E-state index contributed by atoms with van der Waals surface area (Å²) in [6.07, 6.45) is 1.38. The molecule has 2 aromatic carbocycles. The number of carbonyl (C=O) groups is 2. The second kappa shape index (κ2) is 5.84. The van der Waals surface area contributed by atoms with Crippen LogP contribution in [0.2, 0.25) is 0 Å². The highest BCUT2D eigenvalue weighted by molar-refractivity contribution is 5.79. The van der Waals surface area contributed by atoms with Crippen LogP contribution >= 0.6 is 0 Å². The molecule has 1 spiro atoms. The van der Waals surface area contributed by atoms with E-state index in [0.29, 0.717) is 6.54 Å².